The number of amides is 1. The maximum atomic E-state index is 13.5. The summed E-state index contributed by atoms with van der Waals surface area (Å²) in [6.45, 7) is 6.19. The number of esters is 1. The van der Waals surface area contributed by atoms with Crippen LogP contribution in [-0.4, -0.2) is 58.9 Å². The van der Waals surface area contributed by atoms with Gasteiger partial charge in [0.2, 0.25) is 5.95 Å². The zero-order valence-corrected chi connectivity index (χ0v) is 19.6. The summed E-state index contributed by atoms with van der Waals surface area (Å²) in [4.78, 5) is 32.8. The lowest BCUT2D eigenvalue weighted by atomic mass is 10.0. The molecule has 1 aliphatic heterocycles. The molecule has 7 heteroatoms. The fourth-order valence-electron chi connectivity index (χ4n) is 4.51. The minimum Gasteiger partial charge on any atom is -0.465 e. The minimum absolute atomic E-state index is 0.0304. The molecular formula is C27H28FN3O3. The topological polar surface area (TPSA) is 62.7 Å². The van der Waals surface area contributed by atoms with Crippen LogP contribution in [0.4, 0.5) is 4.39 Å². The molecule has 0 radical (unpaired) electrons. The Morgan fingerprint density at radius 2 is 1.65 bits per heavy atom. The second kappa shape index (κ2) is 10.1. The van der Waals surface area contributed by atoms with E-state index in [1.54, 1.807) is 24.3 Å². The van der Waals surface area contributed by atoms with Gasteiger partial charge < -0.3 is 9.64 Å². The molecule has 34 heavy (non-hydrogen) atoms. The van der Waals surface area contributed by atoms with Crippen molar-refractivity contribution in [3.05, 3.63) is 89.5 Å². The van der Waals surface area contributed by atoms with Gasteiger partial charge in [0, 0.05) is 49.5 Å². The molecule has 1 fully saturated rings. The number of methoxy groups -OCH3 is 1. The van der Waals surface area contributed by atoms with Gasteiger partial charge in [0.1, 0.15) is 0 Å². The van der Waals surface area contributed by atoms with Crippen LogP contribution in [0.25, 0.3) is 11.1 Å². The van der Waals surface area contributed by atoms with Crippen LogP contribution >= 0.6 is 0 Å². The number of ether oxygens (including phenoxy) is 1. The third-order valence-electron chi connectivity index (χ3n) is 6.30. The molecule has 1 saturated heterocycles. The summed E-state index contributed by atoms with van der Waals surface area (Å²) in [5.41, 5.74) is 3.68. The van der Waals surface area contributed by atoms with Crippen molar-refractivity contribution in [1.82, 2.24) is 14.8 Å². The molecule has 0 aliphatic carbocycles. The molecule has 3 aromatic rings. The summed E-state index contributed by atoms with van der Waals surface area (Å²) in [7, 11) is 1.37. The number of rotatable bonds is 5. The molecule has 6 nitrogen and oxygen atoms in total. The Balaban J connectivity index is 1.44. The number of carbonyl (C=O) groups is 2. The van der Waals surface area contributed by atoms with E-state index in [1.165, 1.54) is 19.4 Å². The minimum atomic E-state index is -0.548. The summed E-state index contributed by atoms with van der Waals surface area (Å²) in [6, 6.07) is 18.1. The van der Waals surface area contributed by atoms with Crippen LogP contribution in [0, 0.1) is 5.95 Å². The molecule has 2 heterocycles. The first-order valence-electron chi connectivity index (χ1n) is 11.3. The van der Waals surface area contributed by atoms with Gasteiger partial charge in [-0.2, -0.15) is 4.39 Å². The lowest BCUT2D eigenvalue weighted by molar-refractivity contribution is 0.0270. The van der Waals surface area contributed by atoms with E-state index in [9.17, 15) is 14.0 Å². The van der Waals surface area contributed by atoms with Crippen molar-refractivity contribution >= 4 is 11.9 Å². The van der Waals surface area contributed by atoms with Crippen molar-refractivity contribution in [3.63, 3.8) is 0 Å². The number of carbonyl (C=O) groups excluding carboxylic acids is 2. The number of hydrogen-bond donors (Lipinski definition) is 0. The highest BCUT2D eigenvalue weighted by Gasteiger charge is 2.32. The zero-order valence-electron chi connectivity index (χ0n) is 19.6. The average Bonchev–Trinajstić information content (AvgIpc) is 2.85. The smallest absolute Gasteiger partial charge is 0.337 e. The highest BCUT2D eigenvalue weighted by atomic mass is 19.1. The van der Waals surface area contributed by atoms with E-state index < -0.39 is 5.95 Å². The number of hydrogen-bond acceptors (Lipinski definition) is 5. The standard InChI is InChI=1S/C27H28FN3O3/c1-18-15-30(16-19(2)31(18)17-20-7-9-21(10-8-20)27(33)34-3)26(32)24-6-4-5-22(13-24)23-11-12-29-25(28)14-23/h4-14,18-19H,15-17H2,1-3H3/t18-,19+. The first kappa shape index (κ1) is 23.6. The highest BCUT2D eigenvalue weighted by Crippen LogP contribution is 2.24. The summed E-state index contributed by atoms with van der Waals surface area (Å²) in [5, 5.41) is 0. The van der Waals surface area contributed by atoms with Crippen molar-refractivity contribution < 1.29 is 18.7 Å². The first-order chi connectivity index (χ1) is 16.4. The maximum Gasteiger partial charge on any atom is 0.337 e. The normalized spacial score (nSPS) is 18.5. The monoisotopic (exact) mass is 461 g/mol. The molecule has 1 aliphatic rings. The number of halogens is 1. The van der Waals surface area contributed by atoms with Gasteiger partial charge in [-0.05, 0) is 60.9 Å². The lowest BCUT2D eigenvalue weighted by Gasteiger charge is -2.44. The van der Waals surface area contributed by atoms with Crippen LogP contribution in [0.15, 0.2) is 66.9 Å². The van der Waals surface area contributed by atoms with Crippen LogP contribution in [0.5, 0.6) is 0 Å². The fraction of sp³-hybridized carbons (Fsp3) is 0.296. The van der Waals surface area contributed by atoms with Crippen molar-refractivity contribution in [3.8, 4) is 11.1 Å². The Labute approximate surface area is 199 Å². The predicted octanol–water partition coefficient (Wildman–Crippen LogP) is 4.41. The van der Waals surface area contributed by atoms with Gasteiger partial charge in [-0.25, -0.2) is 9.78 Å². The number of pyridine rings is 1. The molecule has 1 aromatic heterocycles. The van der Waals surface area contributed by atoms with Gasteiger partial charge in [0.15, 0.2) is 0 Å². The van der Waals surface area contributed by atoms with E-state index in [0.717, 1.165) is 17.7 Å². The molecule has 0 bridgehead atoms. The predicted molar refractivity (Wildman–Crippen MR) is 128 cm³/mol. The van der Waals surface area contributed by atoms with Gasteiger partial charge in [-0.3, -0.25) is 9.69 Å². The van der Waals surface area contributed by atoms with E-state index in [1.807, 2.05) is 35.2 Å². The number of benzene rings is 2. The fourth-order valence-corrected chi connectivity index (χ4v) is 4.51. The number of piperazine rings is 1. The van der Waals surface area contributed by atoms with Gasteiger partial charge in [0.25, 0.3) is 5.91 Å². The molecule has 2 aromatic carbocycles. The van der Waals surface area contributed by atoms with Gasteiger partial charge >= 0.3 is 5.97 Å². The molecular weight excluding hydrogens is 433 g/mol. The molecule has 0 spiro atoms. The Morgan fingerprint density at radius 1 is 0.971 bits per heavy atom. The van der Waals surface area contributed by atoms with E-state index in [4.69, 9.17) is 4.74 Å². The molecule has 2 atom stereocenters. The van der Waals surface area contributed by atoms with Crippen molar-refractivity contribution in [1.29, 1.82) is 0 Å². The Bertz CT molecular complexity index is 1170. The summed E-state index contributed by atoms with van der Waals surface area (Å²) >= 11 is 0. The Hall–Kier alpha value is -3.58. The van der Waals surface area contributed by atoms with Crippen molar-refractivity contribution in [2.45, 2.75) is 32.5 Å². The lowest BCUT2D eigenvalue weighted by Crippen LogP contribution is -2.57. The van der Waals surface area contributed by atoms with Crippen molar-refractivity contribution in [2.75, 3.05) is 20.2 Å². The molecule has 0 saturated carbocycles. The number of aromatic nitrogens is 1. The first-order valence-corrected chi connectivity index (χ1v) is 11.3. The summed E-state index contributed by atoms with van der Waals surface area (Å²) in [6.07, 6.45) is 1.42. The van der Waals surface area contributed by atoms with E-state index in [0.29, 0.717) is 29.8 Å². The Kier molecular flexibility index (Phi) is 7.03. The average molecular weight is 462 g/mol. The van der Waals surface area contributed by atoms with Crippen LogP contribution in [0.1, 0.15) is 40.1 Å². The molecule has 0 N–H and O–H groups in total. The SMILES string of the molecule is COC(=O)c1ccc(CN2[C@H](C)CN(C(=O)c3cccc(-c4ccnc(F)c4)c3)C[C@@H]2C)cc1. The van der Waals surface area contributed by atoms with Gasteiger partial charge in [-0.1, -0.05) is 24.3 Å². The summed E-state index contributed by atoms with van der Waals surface area (Å²) < 4.78 is 18.3. The Morgan fingerprint density at radius 3 is 2.29 bits per heavy atom. The molecule has 176 valence electrons. The summed E-state index contributed by atoms with van der Waals surface area (Å²) in [5.74, 6) is -0.927. The maximum absolute atomic E-state index is 13.5. The van der Waals surface area contributed by atoms with Crippen LogP contribution in [0.3, 0.4) is 0 Å². The highest BCUT2D eigenvalue weighted by molar-refractivity contribution is 5.95. The van der Waals surface area contributed by atoms with Gasteiger partial charge in [-0.15, -0.1) is 0 Å². The second-order valence-corrected chi connectivity index (χ2v) is 8.72. The molecule has 4 rings (SSSR count). The molecule has 1 amide bonds. The second-order valence-electron chi connectivity index (χ2n) is 8.72. The van der Waals surface area contributed by atoms with Crippen LogP contribution in [-0.2, 0) is 11.3 Å². The largest absolute Gasteiger partial charge is 0.465 e. The molecule has 0 unspecified atom stereocenters. The van der Waals surface area contributed by atoms with Crippen LogP contribution < -0.4 is 0 Å². The van der Waals surface area contributed by atoms with Crippen LogP contribution in [0.2, 0.25) is 0 Å². The van der Waals surface area contributed by atoms with E-state index in [2.05, 4.69) is 23.7 Å². The van der Waals surface area contributed by atoms with E-state index in [-0.39, 0.29) is 24.0 Å². The zero-order chi connectivity index (χ0) is 24.2. The quantitative estimate of drug-likeness (QED) is 0.416. The third-order valence-corrected chi connectivity index (χ3v) is 6.30. The van der Waals surface area contributed by atoms with Gasteiger partial charge in [0.05, 0.1) is 12.7 Å². The van der Waals surface area contributed by atoms with E-state index >= 15 is 0 Å². The third kappa shape index (κ3) is 5.15. The van der Waals surface area contributed by atoms with Crippen molar-refractivity contribution in [2.24, 2.45) is 0 Å². The number of nitrogens with zero attached hydrogens (tertiary/aromatic N) is 3.